The summed E-state index contributed by atoms with van der Waals surface area (Å²) in [7, 11) is 0. The molecule has 0 spiro atoms. The van der Waals surface area contributed by atoms with Gasteiger partial charge in [-0.05, 0) is 6.07 Å². The molecule has 4 nitrogen and oxygen atoms in total. The zero-order valence-corrected chi connectivity index (χ0v) is 10.2. The summed E-state index contributed by atoms with van der Waals surface area (Å²) in [6.45, 7) is 0. The van der Waals surface area contributed by atoms with E-state index in [9.17, 15) is 10.1 Å². The first kappa shape index (κ1) is 11.6. The topological polar surface area (TPSA) is 69.2 Å². The minimum absolute atomic E-state index is 0.0429. The van der Waals surface area contributed by atoms with E-state index in [1.807, 2.05) is 0 Å². The molecule has 0 atom stereocenters. The summed E-state index contributed by atoms with van der Waals surface area (Å²) in [5.41, 5.74) is 6.20. The molecule has 0 saturated heterocycles. The molecule has 0 aliphatic rings. The number of anilines is 1. The van der Waals surface area contributed by atoms with E-state index in [0.717, 1.165) is 15.1 Å². The van der Waals surface area contributed by atoms with Crippen molar-refractivity contribution in [1.82, 2.24) is 0 Å². The number of nitro groups is 1. The van der Waals surface area contributed by atoms with E-state index in [0.29, 0.717) is 5.69 Å². The van der Waals surface area contributed by atoms with Gasteiger partial charge in [-0.1, -0.05) is 22.6 Å². The van der Waals surface area contributed by atoms with Gasteiger partial charge >= 0.3 is 0 Å². The van der Waals surface area contributed by atoms with Crippen molar-refractivity contribution in [3.05, 3.63) is 28.3 Å². The lowest BCUT2D eigenvalue weighted by Gasteiger charge is -2.03. The Morgan fingerprint density at radius 2 is 2.29 bits per heavy atom. The molecule has 0 unspecified atom stereocenters. The van der Waals surface area contributed by atoms with Gasteiger partial charge < -0.3 is 5.73 Å². The number of nitrogen functional groups attached to an aromatic ring is 1. The molecule has 0 radical (unpaired) electrons. The number of halogens is 1. The molecule has 2 N–H and O–H groups in total. The molecule has 0 aromatic heterocycles. The van der Waals surface area contributed by atoms with Gasteiger partial charge in [-0.3, -0.25) is 10.1 Å². The molecule has 14 heavy (non-hydrogen) atoms. The Kier molecular flexibility index (Phi) is 4.46. The zero-order valence-electron chi connectivity index (χ0n) is 7.27. The van der Waals surface area contributed by atoms with Gasteiger partial charge in [0.05, 0.1) is 10.6 Å². The minimum Gasteiger partial charge on any atom is -0.398 e. The maximum atomic E-state index is 10.4. The Hall–Kier alpha value is -0.500. The van der Waals surface area contributed by atoms with Crippen LogP contribution in [0, 0.1) is 10.1 Å². The van der Waals surface area contributed by atoms with E-state index in [2.05, 4.69) is 22.6 Å². The van der Waals surface area contributed by atoms with Crippen LogP contribution >= 0.6 is 34.4 Å². The highest BCUT2D eigenvalue weighted by atomic mass is 127. The summed E-state index contributed by atoms with van der Waals surface area (Å²) in [6, 6.07) is 4.58. The molecule has 76 valence electrons. The number of alkyl halides is 1. The lowest BCUT2D eigenvalue weighted by Crippen LogP contribution is -1.93. The fourth-order valence-corrected chi connectivity index (χ4v) is 2.28. The van der Waals surface area contributed by atoms with E-state index in [1.165, 1.54) is 12.1 Å². The number of thioether (sulfide) groups is 1. The van der Waals surface area contributed by atoms with Crippen molar-refractivity contribution < 1.29 is 4.92 Å². The van der Waals surface area contributed by atoms with Gasteiger partial charge in [0.15, 0.2) is 0 Å². The zero-order chi connectivity index (χ0) is 10.6. The number of nitrogens with zero attached hydrogens (tertiary/aromatic N) is 1. The van der Waals surface area contributed by atoms with Crippen LogP contribution in [0.4, 0.5) is 11.4 Å². The van der Waals surface area contributed by atoms with Crippen LogP contribution in [0.25, 0.3) is 0 Å². The standard InChI is InChI=1S/C8H9IN2O2S/c9-3-4-14-8-2-1-6(11(12)13)5-7(8)10/h1-2,5H,3-4,10H2. The number of rotatable bonds is 4. The van der Waals surface area contributed by atoms with Crippen molar-refractivity contribution in [1.29, 1.82) is 0 Å². The Labute approximate surface area is 99.5 Å². The summed E-state index contributed by atoms with van der Waals surface area (Å²) in [4.78, 5) is 10.9. The second-order valence-electron chi connectivity index (χ2n) is 2.52. The lowest BCUT2D eigenvalue weighted by molar-refractivity contribution is -0.384. The van der Waals surface area contributed by atoms with Gasteiger partial charge in [0.1, 0.15) is 0 Å². The molecular formula is C8H9IN2O2S. The second-order valence-corrected chi connectivity index (χ2v) is 4.73. The fourth-order valence-electron chi connectivity index (χ4n) is 0.929. The Balaban J connectivity index is 2.84. The molecule has 0 aliphatic carbocycles. The van der Waals surface area contributed by atoms with E-state index < -0.39 is 4.92 Å². The lowest BCUT2D eigenvalue weighted by atomic mass is 10.3. The van der Waals surface area contributed by atoms with Crippen molar-refractivity contribution in [3.63, 3.8) is 0 Å². The highest BCUT2D eigenvalue weighted by Crippen LogP contribution is 2.28. The number of hydrogen-bond donors (Lipinski definition) is 1. The van der Waals surface area contributed by atoms with Gasteiger partial charge in [0.25, 0.3) is 5.69 Å². The molecule has 1 aromatic carbocycles. The Morgan fingerprint density at radius 1 is 1.57 bits per heavy atom. The maximum Gasteiger partial charge on any atom is 0.271 e. The molecule has 0 saturated carbocycles. The second kappa shape index (κ2) is 5.40. The SMILES string of the molecule is Nc1cc([N+](=O)[O-])ccc1SCCI. The summed E-state index contributed by atoms with van der Waals surface area (Å²) in [5.74, 6) is 0.961. The van der Waals surface area contributed by atoms with Crippen LogP contribution in [0.2, 0.25) is 0 Å². The van der Waals surface area contributed by atoms with Gasteiger partial charge in [0, 0.05) is 27.2 Å². The number of hydrogen-bond acceptors (Lipinski definition) is 4. The van der Waals surface area contributed by atoms with Crippen molar-refractivity contribution in [2.45, 2.75) is 4.90 Å². The molecule has 0 aliphatic heterocycles. The summed E-state index contributed by atoms with van der Waals surface area (Å²) < 4.78 is 1.03. The Morgan fingerprint density at radius 3 is 2.79 bits per heavy atom. The smallest absolute Gasteiger partial charge is 0.271 e. The Bertz CT molecular complexity index is 346. The third-order valence-electron chi connectivity index (χ3n) is 1.54. The molecule has 1 aromatic rings. The number of benzene rings is 1. The summed E-state index contributed by atoms with van der Waals surface area (Å²) >= 11 is 3.89. The summed E-state index contributed by atoms with van der Waals surface area (Å²) in [6.07, 6.45) is 0. The first-order valence-corrected chi connectivity index (χ1v) is 6.39. The first-order valence-electron chi connectivity index (χ1n) is 3.88. The molecule has 0 amide bonds. The molecular weight excluding hydrogens is 315 g/mol. The van der Waals surface area contributed by atoms with Crippen LogP contribution in [-0.4, -0.2) is 15.1 Å². The molecule has 0 bridgehead atoms. The molecule has 0 fully saturated rings. The highest BCUT2D eigenvalue weighted by Gasteiger charge is 2.08. The highest BCUT2D eigenvalue weighted by molar-refractivity contribution is 14.1. The monoisotopic (exact) mass is 324 g/mol. The number of non-ortho nitro benzene ring substituents is 1. The van der Waals surface area contributed by atoms with Gasteiger partial charge in [-0.15, -0.1) is 11.8 Å². The van der Waals surface area contributed by atoms with E-state index in [-0.39, 0.29) is 5.69 Å². The van der Waals surface area contributed by atoms with E-state index in [1.54, 1.807) is 17.8 Å². The average molecular weight is 324 g/mol. The van der Waals surface area contributed by atoms with Crippen LogP contribution < -0.4 is 5.73 Å². The quantitative estimate of drug-likeness (QED) is 0.231. The average Bonchev–Trinajstić information content (AvgIpc) is 2.15. The van der Waals surface area contributed by atoms with Crippen LogP contribution in [0.15, 0.2) is 23.1 Å². The van der Waals surface area contributed by atoms with Crippen molar-refractivity contribution in [2.75, 3.05) is 15.9 Å². The predicted molar refractivity (Wildman–Crippen MR) is 67.1 cm³/mol. The molecule has 1 rings (SSSR count). The maximum absolute atomic E-state index is 10.4. The third-order valence-corrected chi connectivity index (χ3v) is 3.90. The van der Waals surface area contributed by atoms with E-state index in [4.69, 9.17) is 5.73 Å². The first-order chi connectivity index (χ1) is 6.65. The van der Waals surface area contributed by atoms with Crippen LogP contribution in [-0.2, 0) is 0 Å². The van der Waals surface area contributed by atoms with Crippen molar-refractivity contribution in [3.8, 4) is 0 Å². The normalized spacial score (nSPS) is 10.1. The minimum atomic E-state index is -0.441. The number of nitrogens with two attached hydrogens (primary N) is 1. The predicted octanol–water partition coefficient (Wildman–Crippen LogP) is 2.70. The third kappa shape index (κ3) is 3.02. The van der Waals surface area contributed by atoms with Crippen molar-refractivity contribution >= 4 is 45.7 Å². The number of nitro benzene ring substituents is 1. The van der Waals surface area contributed by atoms with Gasteiger partial charge in [0.2, 0.25) is 0 Å². The molecule has 6 heteroatoms. The van der Waals surface area contributed by atoms with Crippen LogP contribution in [0.5, 0.6) is 0 Å². The van der Waals surface area contributed by atoms with E-state index >= 15 is 0 Å². The largest absolute Gasteiger partial charge is 0.398 e. The van der Waals surface area contributed by atoms with Crippen molar-refractivity contribution in [2.24, 2.45) is 0 Å². The van der Waals surface area contributed by atoms with Gasteiger partial charge in [-0.25, -0.2) is 0 Å². The summed E-state index contributed by atoms with van der Waals surface area (Å²) in [5, 5.41) is 10.4. The molecule has 0 heterocycles. The fraction of sp³-hybridized carbons (Fsp3) is 0.250. The van der Waals surface area contributed by atoms with Crippen LogP contribution in [0.3, 0.4) is 0 Å². The van der Waals surface area contributed by atoms with Crippen LogP contribution in [0.1, 0.15) is 0 Å². The van der Waals surface area contributed by atoms with Gasteiger partial charge in [-0.2, -0.15) is 0 Å².